The van der Waals surface area contributed by atoms with Crippen molar-refractivity contribution in [2.45, 2.75) is 6.92 Å². The number of rotatable bonds is 4. The minimum absolute atomic E-state index is 0.189. The van der Waals surface area contributed by atoms with Gasteiger partial charge in [0.15, 0.2) is 0 Å². The molecule has 0 amide bonds. The lowest BCUT2D eigenvalue weighted by atomic mass is 10.1. The number of pyridine rings is 3. The van der Waals surface area contributed by atoms with Gasteiger partial charge in [0.25, 0.3) is 5.56 Å². The zero-order valence-electron chi connectivity index (χ0n) is 17.2. The van der Waals surface area contributed by atoms with Crippen molar-refractivity contribution in [1.82, 2.24) is 24.9 Å². The van der Waals surface area contributed by atoms with E-state index in [0.717, 1.165) is 27.9 Å². The Morgan fingerprint density at radius 1 is 0.906 bits per heavy atom. The molecule has 0 saturated carbocycles. The molecular formula is C24H19N7O. The zero-order chi connectivity index (χ0) is 22.1. The molecular weight excluding hydrogens is 402 g/mol. The monoisotopic (exact) mass is 421 g/mol. The Morgan fingerprint density at radius 2 is 1.69 bits per heavy atom. The fourth-order valence-corrected chi connectivity index (χ4v) is 3.53. The van der Waals surface area contributed by atoms with E-state index in [1.54, 1.807) is 24.8 Å². The van der Waals surface area contributed by atoms with E-state index in [-0.39, 0.29) is 11.5 Å². The number of hydrogen-bond donors (Lipinski definition) is 3. The van der Waals surface area contributed by atoms with Crippen LogP contribution in [-0.2, 0) is 0 Å². The van der Waals surface area contributed by atoms with Gasteiger partial charge < -0.3 is 16.0 Å². The number of fused-ring (bicyclic) bond motifs is 1. The molecule has 0 fully saturated rings. The Kier molecular flexibility index (Phi) is 4.79. The van der Waals surface area contributed by atoms with Gasteiger partial charge in [-0.2, -0.15) is 0 Å². The van der Waals surface area contributed by atoms with Crippen LogP contribution in [0.4, 0.5) is 17.5 Å². The number of aromatic amines is 1. The zero-order valence-corrected chi connectivity index (χ0v) is 17.2. The summed E-state index contributed by atoms with van der Waals surface area (Å²) in [5, 5.41) is 4.52. The van der Waals surface area contributed by atoms with Crippen LogP contribution < -0.4 is 16.6 Å². The maximum Gasteiger partial charge on any atom is 0.259 e. The third kappa shape index (κ3) is 3.77. The molecule has 8 nitrogen and oxygen atoms in total. The van der Waals surface area contributed by atoms with Crippen LogP contribution in [0.2, 0.25) is 0 Å². The van der Waals surface area contributed by atoms with Gasteiger partial charge in [-0.05, 0) is 59.8 Å². The normalized spacial score (nSPS) is 10.9. The topological polar surface area (TPSA) is 122 Å². The van der Waals surface area contributed by atoms with Crippen LogP contribution in [0.3, 0.4) is 0 Å². The van der Waals surface area contributed by atoms with E-state index in [9.17, 15) is 4.79 Å². The lowest BCUT2D eigenvalue weighted by Crippen LogP contribution is -2.09. The van der Waals surface area contributed by atoms with E-state index in [1.165, 1.54) is 0 Å². The maximum atomic E-state index is 12.6. The van der Waals surface area contributed by atoms with Crippen molar-refractivity contribution in [2.75, 3.05) is 11.1 Å². The first-order chi connectivity index (χ1) is 15.6. The van der Waals surface area contributed by atoms with Crippen LogP contribution in [0.25, 0.3) is 33.2 Å². The molecule has 1 aromatic carbocycles. The molecule has 156 valence electrons. The molecule has 0 radical (unpaired) electrons. The second-order valence-electron chi connectivity index (χ2n) is 7.35. The van der Waals surface area contributed by atoms with Crippen LogP contribution in [0.1, 0.15) is 5.69 Å². The second-order valence-corrected chi connectivity index (χ2v) is 7.35. The number of aryl methyl sites for hydroxylation is 1. The van der Waals surface area contributed by atoms with Crippen molar-refractivity contribution in [1.29, 1.82) is 0 Å². The number of aromatic nitrogens is 5. The summed E-state index contributed by atoms with van der Waals surface area (Å²) < 4.78 is 0. The van der Waals surface area contributed by atoms with Gasteiger partial charge in [0.05, 0.1) is 11.1 Å². The third-order valence-electron chi connectivity index (χ3n) is 5.10. The molecule has 4 heterocycles. The Labute approximate surface area is 183 Å². The molecule has 0 bridgehead atoms. The lowest BCUT2D eigenvalue weighted by Gasteiger charge is -2.12. The smallest absolute Gasteiger partial charge is 0.259 e. The van der Waals surface area contributed by atoms with E-state index in [2.05, 4.69) is 30.2 Å². The van der Waals surface area contributed by atoms with Gasteiger partial charge in [0.1, 0.15) is 5.82 Å². The number of nitrogens with zero attached hydrogens (tertiary/aromatic N) is 4. The number of benzene rings is 1. The fourth-order valence-electron chi connectivity index (χ4n) is 3.53. The van der Waals surface area contributed by atoms with E-state index in [1.807, 2.05) is 55.5 Å². The number of anilines is 3. The Hall–Kier alpha value is -4.59. The van der Waals surface area contributed by atoms with Gasteiger partial charge in [-0.25, -0.2) is 15.0 Å². The third-order valence-corrected chi connectivity index (χ3v) is 5.10. The van der Waals surface area contributed by atoms with Crippen LogP contribution in [0, 0.1) is 6.92 Å². The van der Waals surface area contributed by atoms with Crippen molar-refractivity contribution in [3.05, 3.63) is 89.4 Å². The van der Waals surface area contributed by atoms with Gasteiger partial charge in [-0.3, -0.25) is 9.78 Å². The Bertz CT molecular complexity index is 1480. The van der Waals surface area contributed by atoms with Crippen molar-refractivity contribution in [3.63, 3.8) is 0 Å². The van der Waals surface area contributed by atoms with Gasteiger partial charge in [-0.1, -0.05) is 12.1 Å². The summed E-state index contributed by atoms with van der Waals surface area (Å²) in [6.07, 6.45) is 6.63. The molecule has 0 saturated heterocycles. The summed E-state index contributed by atoms with van der Waals surface area (Å²) in [5.41, 5.74) is 10.7. The predicted octanol–water partition coefficient (Wildman–Crippen LogP) is 4.08. The Balaban J connectivity index is 1.55. The average molecular weight is 421 g/mol. The van der Waals surface area contributed by atoms with Gasteiger partial charge >= 0.3 is 0 Å². The van der Waals surface area contributed by atoms with Gasteiger partial charge in [-0.15, -0.1) is 0 Å². The molecule has 8 heteroatoms. The first kappa shape index (κ1) is 19.4. The predicted molar refractivity (Wildman–Crippen MR) is 125 cm³/mol. The molecule has 5 aromatic rings. The van der Waals surface area contributed by atoms with Crippen molar-refractivity contribution >= 4 is 28.2 Å². The first-order valence-corrected chi connectivity index (χ1v) is 9.97. The van der Waals surface area contributed by atoms with Crippen LogP contribution in [0.15, 0.2) is 78.1 Å². The van der Waals surface area contributed by atoms with Crippen molar-refractivity contribution in [3.8, 4) is 22.4 Å². The Morgan fingerprint density at radius 3 is 2.44 bits per heavy atom. The average Bonchev–Trinajstić information content (AvgIpc) is 2.80. The summed E-state index contributed by atoms with van der Waals surface area (Å²) in [4.78, 5) is 32.3. The first-order valence-electron chi connectivity index (χ1n) is 9.97. The van der Waals surface area contributed by atoms with E-state index < -0.39 is 0 Å². The van der Waals surface area contributed by atoms with Gasteiger partial charge in [0, 0.05) is 41.7 Å². The van der Waals surface area contributed by atoms with E-state index in [4.69, 9.17) is 5.73 Å². The number of hydrogen-bond acceptors (Lipinski definition) is 7. The number of nitrogens with one attached hydrogen (secondary N) is 2. The lowest BCUT2D eigenvalue weighted by molar-refractivity contribution is 1.18. The van der Waals surface area contributed by atoms with Gasteiger partial charge in [0.2, 0.25) is 5.95 Å². The van der Waals surface area contributed by atoms with E-state index in [0.29, 0.717) is 22.5 Å². The highest BCUT2D eigenvalue weighted by Gasteiger charge is 2.12. The SMILES string of the molecule is Cc1cc(-c2ccc(Nc3nc(-c4cnc(N)nc4)cc4cc[nH]c(=O)c34)cc2)ccn1. The number of H-pyrrole nitrogens is 1. The summed E-state index contributed by atoms with van der Waals surface area (Å²) >= 11 is 0. The molecule has 0 aliphatic rings. The molecule has 32 heavy (non-hydrogen) atoms. The highest BCUT2D eigenvalue weighted by Crippen LogP contribution is 2.28. The quantitative estimate of drug-likeness (QED) is 0.400. The number of nitrogens with two attached hydrogens (primary N) is 1. The molecule has 4 N–H and O–H groups in total. The number of nitrogen functional groups attached to an aromatic ring is 1. The standard InChI is InChI=1S/C24H19N7O/c1-14-10-16(6-8-26-14)15-2-4-19(5-3-15)30-22-21-17(7-9-27-23(21)32)11-20(31-22)18-12-28-24(25)29-13-18/h2-13H,1H3,(H,27,32)(H,30,31)(H2,25,28,29). The second kappa shape index (κ2) is 7.92. The highest BCUT2D eigenvalue weighted by atomic mass is 16.1. The minimum atomic E-state index is -0.221. The summed E-state index contributed by atoms with van der Waals surface area (Å²) in [6.45, 7) is 1.97. The van der Waals surface area contributed by atoms with Crippen molar-refractivity contribution in [2.24, 2.45) is 0 Å². The van der Waals surface area contributed by atoms with Crippen LogP contribution in [0.5, 0.6) is 0 Å². The van der Waals surface area contributed by atoms with Crippen LogP contribution >= 0.6 is 0 Å². The molecule has 0 atom stereocenters. The molecule has 0 unspecified atom stereocenters. The van der Waals surface area contributed by atoms with E-state index >= 15 is 0 Å². The van der Waals surface area contributed by atoms with Crippen LogP contribution in [-0.4, -0.2) is 24.9 Å². The summed E-state index contributed by atoms with van der Waals surface area (Å²) in [7, 11) is 0. The summed E-state index contributed by atoms with van der Waals surface area (Å²) in [5.74, 6) is 0.637. The van der Waals surface area contributed by atoms with Crippen molar-refractivity contribution < 1.29 is 0 Å². The fraction of sp³-hybridized carbons (Fsp3) is 0.0417. The largest absolute Gasteiger partial charge is 0.368 e. The molecule has 0 aliphatic carbocycles. The maximum absolute atomic E-state index is 12.6. The molecule has 5 rings (SSSR count). The highest BCUT2D eigenvalue weighted by molar-refractivity contribution is 5.95. The molecule has 4 aromatic heterocycles. The molecule has 0 spiro atoms. The summed E-state index contributed by atoms with van der Waals surface area (Å²) in [6, 6.07) is 15.6. The minimum Gasteiger partial charge on any atom is -0.368 e. The molecule has 0 aliphatic heterocycles.